The van der Waals surface area contributed by atoms with Crippen molar-refractivity contribution in [2.45, 2.75) is 72.8 Å². The Hall–Kier alpha value is -0.150. The van der Waals surface area contributed by atoms with Crippen LogP contribution >= 0.6 is 0 Å². The number of unbranched alkanes of at least 4 members (excludes halogenated alkanes) is 1. The van der Waals surface area contributed by atoms with Crippen molar-refractivity contribution in [3.05, 3.63) is 27.8 Å². The van der Waals surface area contributed by atoms with Gasteiger partial charge < -0.3 is 18.8 Å². The first-order valence-corrected chi connectivity index (χ1v) is 10.9. The molecule has 8 heteroatoms. The SMILES string of the molecule is CCCCc1c(C)c(C)c(C)c(C)c1OCC(OCC)(OCC)S(=O)(=O)[O-].[Na+]. The van der Waals surface area contributed by atoms with Crippen LogP contribution in [0.2, 0.25) is 0 Å². The van der Waals surface area contributed by atoms with Crippen molar-refractivity contribution >= 4 is 10.1 Å². The summed E-state index contributed by atoms with van der Waals surface area (Å²) in [6.45, 7) is 12.9. The molecule has 0 saturated carbocycles. The molecule has 0 amide bonds. The maximum atomic E-state index is 11.9. The molecule has 0 aliphatic rings. The summed E-state index contributed by atoms with van der Waals surface area (Å²) in [5.41, 5.74) is 5.40. The van der Waals surface area contributed by atoms with Crippen molar-refractivity contribution in [1.29, 1.82) is 0 Å². The maximum absolute atomic E-state index is 11.9. The Kier molecular flexibility index (Phi) is 11.8. The van der Waals surface area contributed by atoms with Crippen molar-refractivity contribution < 1.29 is 56.7 Å². The molecule has 0 aliphatic heterocycles. The van der Waals surface area contributed by atoms with Gasteiger partial charge in [-0.2, -0.15) is 0 Å². The van der Waals surface area contributed by atoms with E-state index in [2.05, 4.69) is 13.8 Å². The minimum absolute atomic E-state index is 0. The Morgan fingerprint density at radius 1 is 0.893 bits per heavy atom. The summed E-state index contributed by atoms with van der Waals surface area (Å²) in [5.74, 6) is 0.622. The van der Waals surface area contributed by atoms with Crippen LogP contribution < -0.4 is 34.3 Å². The van der Waals surface area contributed by atoms with Crippen LogP contribution in [0.5, 0.6) is 5.75 Å². The molecule has 0 aromatic heterocycles. The third-order valence-corrected chi connectivity index (χ3v) is 6.15. The maximum Gasteiger partial charge on any atom is 1.00 e. The zero-order valence-electron chi connectivity index (χ0n) is 18.6. The smallest absolute Gasteiger partial charge is 0.744 e. The molecule has 0 radical (unpaired) electrons. The fraction of sp³-hybridized carbons (Fsp3) is 0.700. The molecule has 28 heavy (non-hydrogen) atoms. The van der Waals surface area contributed by atoms with Gasteiger partial charge in [-0.25, -0.2) is 8.42 Å². The predicted molar refractivity (Wildman–Crippen MR) is 105 cm³/mol. The third kappa shape index (κ3) is 6.17. The van der Waals surface area contributed by atoms with Crippen molar-refractivity contribution in [3.63, 3.8) is 0 Å². The molecule has 1 rings (SSSR count). The van der Waals surface area contributed by atoms with Gasteiger partial charge in [-0.1, -0.05) is 13.3 Å². The minimum Gasteiger partial charge on any atom is -0.744 e. The van der Waals surface area contributed by atoms with E-state index in [0.717, 1.165) is 41.5 Å². The summed E-state index contributed by atoms with van der Waals surface area (Å²) in [5, 5.41) is -2.35. The van der Waals surface area contributed by atoms with E-state index in [1.165, 1.54) is 5.56 Å². The quantitative estimate of drug-likeness (QED) is 0.298. The molecule has 0 unspecified atom stereocenters. The molecule has 0 bridgehead atoms. The predicted octanol–water partition coefficient (Wildman–Crippen LogP) is 0.918. The zero-order valence-corrected chi connectivity index (χ0v) is 21.4. The van der Waals surface area contributed by atoms with Crippen LogP contribution in [0.25, 0.3) is 0 Å². The summed E-state index contributed by atoms with van der Waals surface area (Å²) in [4.78, 5) is 0. The normalized spacial score (nSPS) is 12.0. The van der Waals surface area contributed by atoms with Crippen molar-refractivity contribution in [2.24, 2.45) is 0 Å². The molecule has 156 valence electrons. The second-order valence-corrected chi connectivity index (χ2v) is 8.23. The molecule has 6 nitrogen and oxygen atoms in total. The van der Waals surface area contributed by atoms with E-state index in [1.807, 2.05) is 20.8 Å². The summed E-state index contributed by atoms with van der Waals surface area (Å²) < 4.78 is 52.2. The second kappa shape index (κ2) is 11.9. The number of benzene rings is 1. The molecule has 0 spiro atoms. The average molecular weight is 425 g/mol. The van der Waals surface area contributed by atoms with E-state index in [-0.39, 0.29) is 42.8 Å². The van der Waals surface area contributed by atoms with Gasteiger partial charge in [-0.05, 0) is 82.2 Å². The first-order valence-electron chi connectivity index (χ1n) is 9.51. The second-order valence-electron chi connectivity index (χ2n) is 6.70. The van der Waals surface area contributed by atoms with E-state index in [4.69, 9.17) is 14.2 Å². The standard InChI is InChI=1S/C20H34O6S.Na/c1-8-11-12-18-16(6)14(4)15(5)17(7)19(18)24-13-20(25-9-2,26-10-3)27(21,22)23;/h8-13H2,1-7H3,(H,21,22,23);/q;+1/p-1. The number of rotatable bonds is 11. The number of hydrogen-bond donors (Lipinski definition) is 0. The van der Waals surface area contributed by atoms with Gasteiger partial charge in [0.25, 0.3) is 5.12 Å². The van der Waals surface area contributed by atoms with Gasteiger partial charge in [-0.15, -0.1) is 0 Å². The summed E-state index contributed by atoms with van der Waals surface area (Å²) in [7, 11) is -4.91. The average Bonchev–Trinajstić information content (AvgIpc) is 2.60. The molecule has 0 N–H and O–H groups in total. The molecule has 0 atom stereocenters. The summed E-state index contributed by atoms with van der Waals surface area (Å²) >= 11 is 0. The van der Waals surface area contributed by atoms with Crippen LogP contribution in [0.3, 0.4) is 0 Å². The van der Waals surface area contributed by atoms with Crippen molar-refractivity contribution in [2.75, 3.05) is 19.8 Å². The van der Waals surface area contributed by atoms with Gasteiger partial charge in [0.1, 0.15) is 5.75 Å². The Balaban J connectivity index is 0.00000729. The Morgan fingerprint density at radius 2 is 1.39 bits per heavy atom. The zero-order chi connectivity index (χ0) is 20.8. The molecule has 1 aromatic rings. The van der Waals surface area contributed by atoms with E-state index in [0.29, 0.717) is 5.75 Å². The molecule has 0 aliphatic carbocycles. The Morgan fingerprint density at radius 3 is 1.82 bits per heavy atom. The van der Waals surface area contributed by atoms with Crippen molar-refractivity contribution in [3.8, 4) is 5.75 Å². The van der Waals surface area contributed by atoms with Gasteiger partial charge in [-0.3, -0.25) is 0 Å². The van der Waals surface area contributed by atoms with Crippen LogP contribution in [0, 0.1) is 27.7 Å². The Labute approximate surface area is 192 Å². The molecule has 0 fully saturated rings. The van der Waals surface area contributed by atoms with Crippen LogP contribution in [-0.4, -0.2) is 37.9 Å². The van der Waals surface area contributed by atoms with Crippen LogP contribution in [-0.2, 0) is 26.0 Å². The molecule has 0 saturated heterocycles. The third-order valence-electron chi connectivity index (χ3n) is 5.04. The van der Waals surface area contributed by atoms with E-state index in [1.54, 1.807) is 13.8 Å². The van der Waals surface area contributed by atoms with E-state index < -0.39 is 21.8 Å². The van der Waals surface area contributed by atoms with Crippen LogP contribution in [0.1, 0.15) is 61.4 Å². The van der Waals surface area contributed by atoms with Gasteiger partial charge in [0.05, 0.1) is 0 Å². The van der Waals surface area contributed by atoms with Crippen LogP contribution in [0.15, 0.2) is 0 Å². The van der Waals surface area contributed by atoms with Crippen molar-refractivity contribution in [1.82, 2.24) is 0 Å². The monoisotopic (exact) mass is 424 g/mol. The molecule has 1 aromatic carbocycles. The number of ether oxygens (including phenoxy) is 3. The molecule has 0 heterocycles. The van der Waals surface area contributed by atoms with E-state index in [9.17, 15) is 13.0 Å². The largest absolute Gasteiger partial charge is 1.00 e. The minimum atomic E-state index is -4.91. The summed E-state index contributed by atoms with van der Waals surface area (Å²) in [6, 6.07) is 0. The van der Waals surface area contributed by atoms with Crippen LogP contribution in [0.4, 0.5) is 0 Å². The molecular formula is C20H33NaO6S. The molecular weight excluding hydrogens is 391 g/mol. The van der Waals surface area contributed by atoms with Gasteiger partial charge >= 0.3 is 29.6 Å². The first kappa shape index (κ1) is 27.8. The first-order chi connectivity index (χ1) is 12.6. The fourth-order valence-electron chi connectivity index (χ4n) is 3.15. The fourth-order valence-corrected chi connectivity index (χ4v) is 3.88. The van der Waals surface area contributed by atoms with Gasteiger partial charge in [0.15, 0.2) is 16.7 Å². The Bertz CT molecular complexity index is 740. The topological polar surface area (TPSA) is 84.9 Å². The van der Waals surface area contributed by atoms with E-state index >= 15 is 0 Å². The number of hydrogen-bond acceptors (Lipinski definition) is 6. The van der Waals surface area contributed by atoms with Gasteiger partial charge in [0, 0.05) is 13.2 Å². The summed E-state index contributed by atoms with van der Waals surface area (Å²) in [6.07, 6.45) is 2.84. The van der Waals surface area contributed by atoms with Gasteiger partial charge in [0.2, 0.25) is 0 Å².